The predicted molar refractivity (Wildman–Crippen MR) is 78.7 cm³/mol. The van der Waals surface area contributed by atoms with Gasteiger partial charge in [-0.3, -0.25) is 4.79 Å². The van der Waals surface area contributed by atoms with Crippen molar-refractivity contribution < 1.29 is 22.7 Å². The van der Waals surface area contributed by atoms with E-state index in [9.17, 15) is 18.0 Å². The first kappa shape index (κ1) is 16.1. The number of carbonyl (C=O) groups excluding carboxylic acids is 1. The lowest BCUT2D eigenvalue weighted by atomic mass is 10.1. The zero-order valence-electron chi connectivity index (χ0n) is 11.1. The molecule has 21 heavy (non-hydrogen) atoms. The van der Waals surface area contributed by atoms with E-state index in [1.54, 1.807) is 6.92 Å². The van der Waals surface area contributed by atoms with E-state index in [2.05, 4.69) is 0 Å². The molecule has 0 spiro atoms. The highest BCUT2D eigenvalue weighted by atomic mass is 32.2. The highest BCUT2D eigenvalue weighted by Gasteiger charge is 2.33. The fourth-order valence-electron chi connectivity index (χ4n) is 1.89. The number of ether oxygens (including phenoxy) is 1. The van der Waals surface area contributed by atoms with Gasteiger partial charge in [0.1, 0.15) is 6.54 Å². The van der Waals surface area contributed by atoms with Gasteiger partial charge in [0, 0.05) is 10.6 Å². The smallest absolute Gasteiger partial charge is 0.416 e. The van der Waals surface area contributed by atoms with E-state index in [1.807, 2.05) is 0 Å². The van der Waals surface area contributed by atoms with Crippen molar-refractivity contribution in [2.45, 2.75) is 18.0 Å². The molecule has 1 aliphatic heterocycles. The molecule has 0 fully saturated rings. The summed E-state index contributed by atoms with van der Waals surface area (Å²) in [6, 6.07) is 3.46. The van der Waals surface area contributed by atoms with Crippen LogP contribution in [0.2, 0.25) is 0 Å². The van der Waals surface area contributed by atoms with E-state index in [0.717, 1.165) is 12.1 Å². The van der Waals surface area contributed by atoms with Crippen molar-refractivity contribution in [1.29, 1.82) is 0 Å². The van der Waals surface area contributed by atoms with Gasteiger partial charge in [-0.15, -0.1) is 11.8 Å². The van der Waals surface area contributed by atoms with Gasteiger partial charge in [-0.05, 0) is 25.1 Å². The molecule has 0 N–H and O–H groups in total. The molecule has 0 atom stereocenters. The van der Waals surface area contributed by atoms with E-state index < -0.39 is 17.7 Å². The van der Waals surface area contributed by atoms with Gasteiger partial charge >= 0.3 is 12.1 Å². The maximum Gasteiger partial charge on any atom is 0.416 e. The highest BCUT2D eigenvalue weighted by molar-refractivity contribution is 8.01. The van der Waals surface area contributed by atoms with Gasteiger partial charge < -0.3 is 9.64 Å². The molecule has 2 rings (SSSR count). The highest BCUT2D eigenvalue weighted by Crippen LogP contribution is 2.40. The number of alkyl halides is 3. The molecule has 0 saturated heterocycles. The van der Waals surface area contributed by atoms with E-state index in [4.69, 9.17) is 17.0 Å². The number of carbonyl (C=O) groups is 1. The average Bonchev–Trinajstić information content (AvgIpc) is 2.41. The molecular formula is C13H12F3NO2S2. The van der Waals surface area contributed by atoms with Gasteiger partial charge in [0.25, 0.3) is 0 Å². The summed E-state index contributed by atoms with van der Waals surface area (Å²) in [6.45, 7) is 1.70. The van der Waals surface area contributed by atoms with Gasteiger partial charge in [-0.1, -0.05) is 12.2 Å². The van der Waals surface area contributed by atoms with Crippen LogP contribution in [0.15, 0.2) is 23.1 Å². The Balaban J connectivity index is 2.36. The number of hydrogen-bond donors (Lipinski definition) is 0. The average molecular weight is 335 g/mol. The van der Waals surface area contributed by atoms with E-state index >= 15 is 0 Å². The van der Waals surface area contributed by atoms with Crippen molar-refractivity contribution in [1.82, 2.24) is 0 Å². The Kier molecular flexibility index (Phi) is 4.77. The van der Waals surface area contributed by atoms with Crippen LogP contribution in [0.1, 0.15) is 12.5 Å². The fourth-order valence-corrected chi connectivity index (χ4v) is 3.14. The first-order valence-corrected chi connectivity index (χ1v) is 7.52. The minimum atomic E-state index is -4.44. The summed E-state index contributed by atoms with van der Waals surface area (Å²) < 4.78 is 43.3. The number of thioether (sulfide) groups is 1. The third-order valence-corrected chi connectivity index (χ3v) is 4.44. The van der Waals surface area contributed by atoms with Crippen LogP contribution in [-0.2, 0) is 15.7 Å². The Morgan fingerprint density at radius 2 is 2.19 bits per heavy atom. The topological polar surface area (TPSA) is 29.5 Å². The number of rotatable bonds is 3. The maximum atomic E-state index is 12.8. The van der Waals surface area contributed by atoms with Crippen LogP contribution in [0.25, 0.3) is 0 Å². The first-order chi connectivity index (χ1) is 9.82. The minimum Gasteiger partial charge on any atom is -0.465 e. The molecule has 1 aromatic rings. The van der Waals surface area contributed by atoms with E-state index in [-0.39, 0.29) is 13.2 Å². The summed E-state index contributed by atoms with van der Waals surface area (Å²) in [5.41, 5.74) is -0.459. The molecule has 0 aromatic heterocycles. The van der Waals surface area contributed by atoms with Crippen LogP contribution in [0.3, 0.4) is 0 Å². The quantitative estimate of drug-likeness (QED) is 0.623. The Hall–Kier alpha value is -1.28. The number of benzene rings is 1. The molecule has 1 aliphatic rings. The zero-order chi connectivity index (χ0) is 15.6. The van der Waals surface area contributed by atoms with Crippen molar-refractivity contribution >= 4 is 40.6 Å². The predicted octanol–water partition coefficient (Wildman–Crippen LogP) is 3.51. The molecule has 8 heteroatoms. The van der Waals surface area contributed by atoms with Crippen LogP contribution in [0, 0.1) is 0 Å². The van der Waals surface area contributed by atoms with Crippen molar-refractivity contribution in [2.24, 2.45) is 0 Å². The van der Waals surface area contributed by atoms with Crippen LogP contribution in [0.5, 0.6) is 0 Å². The van der Waals surface area contributed by atoms with Crippen LogP contribution < -0.4 is 4.90 Å². The maximum absolute atomic E-state index is 12.8. The normalized spacial score (nSPS) is 14.9. The standard InChI is InChI=1S/C13H12F3NO2S2/c1-2-19-12(18)6-17-9-5-8(13(14,15)16)3-4-10(9)21-7-11(17)20/h3-5H,2,6-7H2,1H3. The SMILES string of the molecule is CCOC(=O)CN1C(=S)CSc2ccc(C(F)(F)F)cc21. The van der Waals surface area contributed by atoms with Gasteiger partial charge in [0.2, 0.25) is 0 Å². The summed E-state index contributed by atoms with van der Waals surface area (Å²) >= 11 is 6.52. The Morgan fingerprint density at radius 3 is 2.81 bits per heavy atom. The number of nitrogens with zero attached hydrogens (tertiary/aromatic N) is 1. The largest absolute Gasteiger partial charge is 0.465 e. The van der Waals surface area contributed by atoms with Crippen molar-refractivity contribution in [3.05, 3.63) is 23.8 Å². The second kappa shape index (κ2) is 6.23. The monoisotopic (exact) mass is 335 g/mol. The summed E-state index contributed by atoms with van der Waals surface area (Å²) in [5, 5.41) is 0. The number of halogens is 3. The summed E-state index contributed by atoms with van der Waals surface area (Å²) in [6.07, 6.45) is -4.44. The van der Waals surface area contributed by atoms with E-state index in [1.165, 1.54) is 22.7 Å². The second-order valence-electron chi connectivity index (χ2n) is 4.25. The minimum absolute atomic E-state index is 0.179. The summed E-state index contributed by atoms with van der Waals surface area (Å²) in [7, 11) is 0. The molecule has 0 saturated carbocycles. The third-order valence-electron chi connectivity index (χ3n) is 2.82. The molecule has 0 amide bonds. The molecule has 1 aromatic carbocycles. The van der Waals surface area contributed by atoms with Crippen molar-refractivity contribution in [2.75, 3.05) is 23.8 Å². The Morgan fingerprint density at radius 1 is 1.48 bits per heavy atom. The molecule has 0 bridgehead atoms. The fraction of sp³-hybridized carbons (Fsp3) is 0.385. The molecule has 1 heterocycles. The van der Waals surface area contributed by atoms with Gasteiger partial charge in [-0.25, -0.2) is 0 Å². The number of thiocarbonyl (C=S) groups is 1. The van der Waals surface area contributed by atoms with Crippen LogP contribution in [-0.4, -0.2) is 29.9 Å². The van der Waals surface area contributed by atoms with Crippen molar-refractivity contribution in [3.8, 4) is 0 Å². The number of esters is 1. The molecule has 3 nitrogen and oxygen atoms in total. The zero-order valence-corrected chi connectivity index (χ0v) is 12.7. The first-order valence-electron chi connectivity index (χ1n) is 6.13. The van der Waals surface area contributed by atoms with Gasteiger partial charge in [0.15, 0.2) is 0 Å². The molecule has 0 radical (unpaired) electrons. The Labute approximate surface area is 129 Å². The van der Waals surface area contributed by atoms with Gasteiger partial charge in [-0.2, -0.15) is 13.2 Å². The number of hydrogen-bond acceptors (Lipinski definition) is 4. The number of fused-ring (bicyclic) bond motifs is 1. The molecule has 114 valence electrons. The second-order valence-corrected chi connectivity index (χ2v) is 5.74. The number of anilines is 1. The lowest BCUT2D eigenvalue weighted by Gasteiger charge is -2.31. The summed E-state index contributed by atoms with van der Waals surface area (Å²) in [4.78, 5) is 14.1. The lowest BCUT2D eigenvalue weighted by molar-refractivity contribution is -0.141. The third kappa shape index (κ3) is 3.68. The van der Waals surface area contributed by atoms with Crippen LogP contribution in [0.4, 0.5) is 18.9 Å². The lowest BCUT2D eigenvalue weighted by Crippen LogP contribution is -2.39. The molecule has 0 aliphatic carbocycles. The molecular weight excluding hydrogens is 323 g/mol. The summed E-state index contributed by atoms with van der Waals surface area (Å²) in [5.74, 6) is -0.0669. The van der Waals surface area contributed by atoms with Crippen LogP contribution >= 0.6 is 24.0 Å². The van der Waals surface area contributed by atoms with E-state index in [0.29, 0.717) is 21.3 Å². The van der Waals surface area contributed by atoms with Gasteiger partial charge in [0.05, 0.1) is 22.8 Å². The Bertz CT molecular complexity index is 575. The van der Waals surface area contributed by atoms with Crippen molar-refractivity contribution in [3.63, 3.8) is 0 Å². The molecule has 0 unspecified atom stereocenters.